The van der Waals surface area contributed by atoms with Crippen molar-refractivity contribution in [3.8, 4) is 11.5 Å². The Morgan fingerprint density at radius 2 is 1.43 bits per heavy atom. The minimum absolute atomic E-state index is 0.00507. The van der Waals surface area contributed by atoms with Gasteiger partial charge in [0.1, 0.15) is 45.1 Å². The Balaban J connectivity index is 1.62. The number of thiazole rings is 2. The monoisotopic (exact) mass is 780 g/mol. The van der Waals surface area contributed by atoms with E-state index in [1.54, 1.807) is 12.1 Å². The SMILES string of the molecule is CO/C(C=c1s/c(=c2/s/c(=C3/OC(=S)N(CC(=O)O)C3=O)n(CC(=O)O)c2=O)n(CC(=O)O)c1=O)=C1\Sc2cc3c(cc2N1CC(=O)O)OCO3. The van der Waals surface area contributed by atoms with Crippen molar-refractivity contribution in [3.63, 3.8) is 0 Å². The van der Waals surface area contributed by atoms with Crippen LogP contribution in [0.5, 0.6) is 11.5 Å². The lowest BCUT2D eigenvalue weighted by Crippen LogP contribution is -2.35. The number of fused-ring (bicyclic) bond motifs is 2. The van der Waals surface area contributed by atoms with Crippen LogP contribution in [0.25, 0.3) is 11.8 Å². The number of thiocarbonyl (C=S) groups is 1. The van der Waals surface area contributed by atoms with Crippen LogP contribution in [0.2, 0.25) is 0 Å². The molecule has 1 amide bonds. The van der Waals surface area contributed by atoms with E-state index in [0.717, 1.165) is 16.3 Å². The maximum Gasteiger partial charge on any atom is 0.323 e. The molecule has 2 aromatic heterocycles. The largest absolute Gasteiger partial charge is 0.494 e. The topological polar surface area (TPSA) is 254 Å². The number of carbonyl (C=O) groups excluding carboxylic acids is 1. The standard InChI is InChI=1S/C28H20N4O15S4/c1-44-13(25-29(5-16(33)34)10-2-11-12(46-9-45-11)3-14(10)49-25)4-15-22(41)30(6-17(35)36)27(50-15)21-24(43)31(7-18(37)38)26(51-21)20-23(42)32(8-19(39)40)28(48)47-20/h2-4H,5-9H2,1H3,(H,33,34)(H,35,36)(H,37,38)(H,39,40)/b15-4?,25-13-,26-20+,27-21+. The number of methoxy groups -OCH3 is 1. The fourth-order valence-corrected chi connectivity index (χ4v) is 8.76. The number of allylic oxidation sites excluding steroid dienone is 1. The second-order valence-electron chi connectivity index (χ2n) is 10.3. The van der Waals surface area contributed by atoms with Gasteiger partial charge in [0.05, 0.1) is 17.3 Å². The number of carbonyl (C=O) groups is 5. The number of hydrogen-bond acceptors (Lipinski definition) is 16. The molecule has 51 heavy (non-hydrogen) atoms. The first-order valence-corrected chi connectivity index (χ1v) is 16.8. The molecule has 0 saturated carbocycles. The molecule has 0 bridgehead atoms. The zero-order valence-corrected chi connectivity index (χ0v) is 28.7. The maximum atomic E-state index is 13.7. The zero-order valence-electron chi connectivity index (χ0n) is 25.5. The summed E-state index contributed by atoms with van der Waals surface area (Å²) in [5.74, 6) is -6.52. The molecular weight excluding hydrogens is 761 g/mol. The van der Waals surface area contributed by atoms with Crippen molar-refractivity contribution < 1.29 is 63.3 Å². The highest BCUT2D eigenvalue weighted by Crippen LogP contribution is 2.52. The molecule has 6 rings (SSSR count). The number of benzene rings is 1. The molecule has 1 aromatic carbocycles. The van der Waals surface area contributed by atoms with Crippen LogP contribution in [-0.4, -0.2) is 96.4 Å². The van der Waals surface area contributed by atoms with Crippen LogP contribution in [0.4, 0.5) is 5.69 Å². The third kappa shape index (κ3) is 6.53. The van der Waals surface area contributed by atoms with Crippen LogP contribution >= 0.6 is 46.7 Å². The molecule has 266 valence electrons. The Hall–Kier alpha value is -5.65. The smallest absolute Gasteiger partial charge is 0.323 e. The molecule has 0 unspecified atom stereocenters. The van der Waals surface area contributed by atoms with E-state index in [1.807, 2.05) is 0 Å². The van der Waals surface area contributed by atoms with E-state index in [9.17, 15) is 48.9 Å². The zero-order chi connectivity index (χ0) is 36.9. The molecule has 19 nitrogen and oxygen atoms in total. The minimum Gasteiger partial charge on any atom is -0.494 e. The molecule has 5 heterocycles. The number of aromatic nitrogens is 2. The molecule has 3 aliphatic rings. The second kappa shape index (κ2) is 13.6. The number of nitrogens with zero attached hydrogens (tertiary/aromatic N) is 4. The lowest BCUT2D eigenvalue weighted by atomic mass is 10.2. The minimum atomic E-state index is -1.51. The van der Waals surface area contributed by atoms with Gasteiger partial charge in [-0.05, 0) is 12.2 Å². The van der Waals surface area contributed by atoms with Gasteiger partial charge in [-0.1, -0.05) is 11.8 Å². The third-order valence-electron chi connectivity index (χ3n) is 7.09. The van der Waals surface area contributed by atoms with Crippen LogP contribution in [0.15, 0.2) is 37.4 Å². The van der Waals surface area contributed by atoms with Gasteiger partial charge in [0.2, 0.25) is 12.6 Å². The highest BCUT2D eigenvalue weighted by molar-refractivity contribution is 8.03. The summed E-state index contributed by atoms with van der Waals surface area (Å²) in [4.78, 5) is 89.9. The number of carboxylic acid groups (broad SMARTS) is 4. The van der Waals surface area contributed by atoms with Crippen molar-refractivity contribution >= 4 is 99.1 Å². The summed E-state index contributed by atoms with van der Waals surface area (Å²) in [5.41, 5.74) is -1.48. The fraction of sp³-hybridized carbons (Fsp3) is 0.214. The van der Waals surface area contributed by atoms with Crippen LogP contribution < -0.4 is 34.7 Å². The summed E-state index contributed by atoms with van der Waals surface area (Å²) in [6.45, 7) is -3.37. The summed E-state index contributed by atoms with van der Waals surface area (Å²) in [6, 6.07) is 3.25. The van der Waals surface area contributed by atoms with Gasteiger partial charge in [-0.15, -0.1) is 22.7 Å². The Morgan fingerprint density at radius 3 is 2.04 bits per heavy atom. The predicted octanol–water partition coefficient (Wildman–Crippen LogP) is -1.05. The Morgan fingerprint density at radius 1 is 0.843 bits per heavy atom. The van der Waals surface area contributed by atoms with Crippen LogP contribution in [0.1, 0.15) is 0 Å². The number of thioether (sulfide) groups is 1. The fourth-order valence-electron chi connectivity index (χ4n) is 5.04. The number of amides is 1. The van der Waals surface area contributed by atoms with Gasteiger partial charge in [-0.3, -0.25) is 47.6 Å². The van der Waals surface area contributed by atoms with Crippen LogP contribution in [0.3, 0.4) is 0 Å². The summed E-state index contributed by atoms with van der Waals surface area (Å²) < 4.78 is 22.0. The highest BCUT2D eigenvalue weighted by atomic mass is 32.2. The van der Waals surface area contributed by atoms with E-state index in [2.05, 4.69) is 0 Å². The first-order chi connectivity index (χ1) is 24.2. The average molecular weight is 781 g/mol. The second-order valence-corrected chi connectivity index (χ2v) is 13.7. The highest BCUT2D eigenvalue weighted by Gasteiger charge is 2.37. The molecule has 23 heteroatoms. The lowest BCUT2D eigenvalue weighted by Gasteiger charge is -2.19. The van der Waals surface area contributed by atoms with Crippen molar-refractivity contribution in [1.82, 2.24) is 14.0 Å². The summed E-state index contributed by atoms with van der Waals surface area (Å²) in [6.07, 6.45) is 1.24. The van der Waals surface area contributed by atoms with E-state index >= 15 is 0 Å². The first kappa shape index (κ1) is 35.2. The van der Waals surface area contributed by atoms with E-state index in [4.69, 9.17) is 36.3 Å². The number of carboxylic acids is 4. The molecule has 0 radical (unpaired) electrons. The molecule has 0 aliphatic carbocycles. The number of rotatable bonds is 10. The van der Waals surface area contributed by atoms with E-state index in [0.29, 0.717) is 54.2 Å². The molecule has 3 aromatic rings. The number of anilines is 1. The van der Waals surface area contributed by atoms with E-state index in [-0.39, 0.29) is 36.0 Å². The third-order valence-corrected chi connectivity index (χ3v) is 11.0. The molecule has 1 saturated heterocycles. The van der Waals surface area contributed by atoms with Gasteiger partial charge in [-0.25, -0.2) is 0 Å². The maximum absolute atomic E-state index is 13.7. The number of hydrogen-bond donors (Lipinski definition) is 4. The van der Waals surface area contributed by atoms with Crippen molar-refractivity contribution in [1.29, 1.82) is 0 Å². The Bertz CT molecular complexity index is 2480. The summed E-state index contributed by atoms with van der Waals surface area (Å²) in [5, 5.41) is 37.8. The quantitative estimate of drug-likeness (QED) is 0.141. The lowest BCUT2D eigenvalue weighted by molar-refractivity contribution is -0.140. The average Bonchev–Trinajstić information content (AvgIpc) is 3.85. The predicted molar refractivity (Wildman–Crippen MR) is 178 cm³/mol. The van der Waals surface area contributed by atoms with Gasteiger partial charge in [0.25, 0.3) is 16.3 Å². The van der Waals surface area contributed by atoms with Crippen molar-refractivity contribution in [2.75, 3.05) is 31.9 Å². The van der Waals surface area contributed by atoms with Crippen molar-refractivity contribution in [2.45, 2.75) is 18.0 Å². The molecular formula is C28H20N4O15S4. The Labute approximate surface area is 299 Å². The van der Waals surface area contributed by atoms with Gasteiger partial charge in [0.15, 0.2) is 17.3 Å². The molecule has 1 fully saturated rings. The van der Waals surface area contributed by atoms with Gasteiger partial charge in [-0.2, -0.15) is 0 Å². The molecule has 4 N–H and O–H groups in total. The number of aliphatic carboxylic acids is 4. The molecule has 0 spiro atoms. The normalized spacial score (nSPS) is 17.9. The van der Waals surface area contributed by atoms with Crippen molar-refractivity contribution in [2.24, 2.45) is 0 Å². The molecule has 3 aliphatic heterocycles. The van der Waals surface area contributed by atoms with Crippen molar-refractivity contribution in [3.05, 3.63) is 62.0 Å². The van der Waals surface area contributed by atoms with E-state index < -0.39 is 78.0 Å². The van der Waals surface area contributed by atoms with Gasteiger partial charge in [0, 0.05) is 23.1 Å². The van der Waals surface area contributed by atoms with E-state index in [1.165, 1.54) is 18.1 Å². The van der Waals surface area contributed by atoms with Gasteiger partial charge >= 0.3 is 29.8 Å². The molecule has 0 atom stereocenters. The number of ether oxygens (including phenoxy) is 4. The Kier molecular flexibility index (Phi) is 9.37. The first-order valence-electron chi connectivity index (χ1n) is 14.0. The summed E-state index contributed by atoms with van der Waals surface area (Å²) in [7, 11) is 1.27. The van der Waals surface area contributed by atoms with Crippen LogP contribution in [-0.2, 0) is 46.5 Å². The van der Waals surface area contributed by atoms with Gasteiger partial charge < -0.3 is 44.3 Å². The van der Waals surface area contributed by atoms with Crippen LogP contribution in [0, 0.1) is 9.20 Å². The summed E-state index contributed by atoms with van der Waals surface area (Å²) >= 11 is 7.20.